The zero-order valence-corrected chi connectivity index (χ0v) is 11.4. The van der Waals surface area contributed by atoms with Gasteiger partial charge >= 0.3 is 0 Å². The molecule has 1 unspecified atom stereocenters. The summed E-state index contributed by atoms with van der Waals surface area (Å²) in [6.45, 7) is 6.17. The highest BCUT2D eigenvalue weighted by Gasteiger charge is 2.06. The summed E-state index contributed by atoms with van der Waals surface area (Å²) in [4.78, 5) is 0. The van der Waals surface area contributed by atoms with Crippen LogP contribution in [-0.2, 0) is 13.6 Å². The average molecular weight is 243 g/mol. The molecule has 3 heteroatoms. The fourth-order valence-electron chi connectivity index (χ4n) is 2.14. The second kappa shape index (κ2) is 5.83. The average Bonchev–Trinajstić information content (AvgIpc) is 2.69. The normalized spacial score (nSPS) is 12.6. The smallest absolute Gasteiger partial charge is 0.0638 e. The van der Waals surface area contributed by atoms with Gasteiger partial charge < -0.3 is 5.32 Å². The summed E-state index contributed by atoms with van der Waals surface area (Å²) in [6, 6.07) is 10.6. The van der Waals surface area contributed by atoms with Crippen molar-refractivity contribution in [1.82, 2.24) is 15.1 Å². The minimum Gasteiger partial charge on any atom is -0.312 e. The Kier molecular flexibility index (Phi) is 4.15. The molecule has 0 saturated carbocycles. The molecule has 0 fully saturated rings. The largest absolute Gasteiger partial charge is 0.312 e. The molecule has 1 aromatic carbocycles. The fraction of sp³-hybridized carbons (Fsp3) is 0.400. The molecule has 96 valence electrons. The minimum atomic E-state index is 0.531. The molecule has 0 spiro atoms. The first-order chi connectivity index (χ1) is 8.66. The molecule has 0 aliphatic rings. The molecule has 1 heterocycles. The van der Waals surface area contributed by atoms with Crippen LogP contribution in [0.3, 0.4) is 0 Å². The molecule has 0 saturated heterocycles. The van der Waals surface area contributed by atoms with Crippen LogP contribution in [-0.4, -0.2) is 16.3 Å². The second-order valence-corrected chi connectivity index (χ2v) is 4.86. The summed E-state index contributed by atoms with van der Waals surface area (Å²) in [6.07, 6.45) is 2.08. The van der Waals surface area contributed by atoms with Crippen LogP contribution in [0.4, 0.5) is 0 Å². The van der Waals surface area contributed by atoms with E-state index in [1.165, 1.54) is 11.1 Å². The van der Waals surface area contributed by atoms with Crippen molar-refractivity contribution in [3.63, 3.8) is 0 Å². The number of nitrogens with one attached hydrogen (secondary N) is 1. The molecular formula is C15H21N3. The second-order valence-electron chi connectivity index (χ2n) is 4.86. The van der Waals surface area contributed by atoms with Gasteiger partial charge in [0.1, 0.15) is 0 Å². The maximum atomic E-state index is 4.34. The van der Waals surface area contributed by atoms with Gasteiger partial charge in [0.15, 0.2) is 0 Å². The van der Waals surface area contributed by atoms with Gasteiger partial charge in [0.05, 0.1) is 5.69 Å². The first-order valence-corrected chi connectivity index (χ1v) is 6.41. The number of benzene rings is 1. The lowest BCUT2D eigenvalue weighted by Gasteiger charge is -2.12. The Balaban J connectivity index is 1.84. The van der Waals surface area contributed by atoms with Gasteiger partial charge in [0, 0.05) is 31.9 Å². The van der Waals surface area contributed by atoms with Gasteiger partial charge in [-0.15, -0.1) is 0 Å². The monoisotopic (exact) mass is 243 g/mol. The SMILES string of the molecule is Cc1nn(C)cc1CNCC(C)c1ccccc1. The molecular weight excluding hydrogens is 222 g/mol. The quantitative estimate of drug-likeness (QED) is 0.875. The maximum Gasteiger partial charge on any atom is 0.0638 e. The Morgan fingerprint density at radius 1 is 1.28 bits per heavy atom. The summed E-state index contributed by atoms with van der Waals surface area (Å²) in [5.41, 5.74) is 3.77. The Morgan fingerprint density at radius 3 is 2.61 bits per heavy atom. The summed E-state index contributed by atoms with van der Waals surface area (Å²) < 4.78 is 1.87. The van der Waals surface area contributed by atoms with Crippen LogP contribution in [0, 0.1) is 6.92 Å². The van der Waals surface area contributed by atoms with E-state index in [0.29, 0.717) is 5.92 Å². The molecule has 0 radical (unpaired) electrons. The first-order valence-electron chi connectivity index (χ1n) is 6.41. The minimum absolute atomic E-state index is 0.531. The van der Waals surface area contributed by atoms with Gasteiger partial charge in [-0.05, 0) is 18.4 Å². The highest BCUT2D eigenvalue weighted by Crippen LogP contribution is 2.13. The van der Waals surface area contributed by atoms with E-state index >= 15 is 0 Å². The first kappa shape index (κ1) is 12.8. The molecule has 18 heavy (non-hydrogen) atoms. The molecule has 0 aliphatic heterocycles. The van der Waals surface area contributed by atoms with Gasteiger partial charge in [-0.2, -0.15) is 5.10 Å². The van der Waals surface area contributed by atoms with E-state index in [1.54, 1.807) is 0 Å². The van der Waals surface area contributed by atoms with Crippen molar-refractivity contribution in [2.45, 2.75) is 26.3 Å². The number of hydrogen-bond donors (Lipinski definition) is 1. The fourth-order valence-corrected chi connectivity index (χ4v) is 2.14. The number of nitrogens with zero attached hydrogens (tertiary/aromatic N) is 2. The Labute approximate surface area is 109 Å². The number of hydrogen-bond acceptors (Lipinski definition) is 2. The van der Waals surface area contributed by atoms with E-state index in [9.17, 15) is 0 Å². The van der Waals surface area contributed by atoms with Crippen LogP contribution < -0.4 is 5.32 Å². The van der Waals surface area contributed by atoms with Gasteiger partial charge in [-0.3, -0.25) is 4.68 Å². The van der Waals surface area contributed by atoms with E-state index in [2.05, 4.69) is 60.8 Å². The van der Waals surface area contributed by atoms with E-state index in [0.717, 1.165) is 18.8 Å². The Hall–Kier alpha value is -1.61. The lowest BCUT2D eigenvalue weighted by Crippen LogP contribution is -2.19. The van der Waals surface area contributed by atoms with Crippen LogP contribution in [0.15, 0.2) is 36.5 Å². The molecule has 3 nitrogen and oxygen atoms in total. The maximum absolute atomic E-state index is 4.34. The Bertz CT molecular complexity index is 488. The third-order valence-corrected chi connectivity index (χ3v) is 3.25. The van der Waals surface area contributed by atoms with Gasteiger partial charge in [-0.1, -0.05) is 37.3 Å². The molecule has 2 rings (SSSR count). The highest BCUT2D eigenvalue weighted by atomic mass is 15.2. The molecule has 0 bridgehead atoms. The van der Waals surface area contributed by atoms with E-state index in [-0.39, 0.29) is 0 Å². The summed E-state index contributed by atoms with van der Waals surface area (Å²) in [5.74, 6) is 0.531. The predicted molar refractivity (Wildman–Crippen MR) is 74.5 cm³/mol. The number of aromatic nitrogens is 2. The molecule has 1 N–H and O–H groups in total. The number of aryl methyl sites for hydroxylation is 2. The summed E-state index contributed by atoms with van der Waals surface area (Å²) >= 11 is 0. The van der Waals surface area contributed by atoms with Crippen molar-refractivity contribution in [1.29, 1.82) is 0 Å². The lowest BCUT2D eigenvalue weighted by molar-refractivity contribution is 0.614. The predicted octanol–water partition coefficient (Wildman–Crippen LogP) is 2.62. The molecule has 0 amide bonds. The third-order valence-electron chi connectivity index (χ3n) is 3.25. The molecule has 1 aromatic heterocycles. The molecule has 0 aliphatic carbocycles. The van der Waals surface area contributed by atoms with Crippen molar-refractivity contribution in [3.05, 3.63) is 53.3 Å². The molecule has 2 aromatic rings. The van der Waals surface area contributed by atoms with Crippen LogP contribution in [0.2, 0.25) is 0 Å². The van der Waals surface area contributed by atoms with Crippen molar-refractivity contribution in [2.24, 2.45) is 7.05 Å². The highest BCUT2D eigenvalue weighted by molar-refractivity contribution is 5.19. The zero-order valence-electron chi connectivity index (χ0n) is 11.4. The van der Waals surface area contributed by atoms with E-state index in [1.807, 2.05) is 11.7 Å². The van der Waals surface area contributed by atoms with Crippen LogP contribution in [0.1, 0.15) is 29.7 Å². The summed E-state index contributed by atoms with van der Waals surface area (Å²) in [5, 5.41) is 7.84. The van der Waals surface area contributed by atoms with Crippen molar-refractivity contribution >= 4 is 0 Å². The number of rotatable bonds is 5. The van der Waals surface area contributed by atoms with Crippen molar-refractivity contribution < 1.29 is 0 Å². The van der Waals surface area contributed by atoms with Crippen LogP contribution in [0.5, 0.6) is 0 Å². The Morgan fingerprint density at radius 2 is 2.00 bits per heavy atom. The standard InChI is InChI=1S/C15H21N3/c1-12(14-7-5-4-6-8-14)9-16-10-15-11-18(3)17-13(15)2/h4-8,11-12,16H,9-10H2,1-3H3. The van der Waals surface area contributed by atoms with Gasteiger partial charge in [0.2, 0.25) is 0 Å². The topological polar surface area (TPSA) is 29.9 Å². The van der Waals surface area contributed by atoms with Crippen LogP contribution in [0.25, 0.3) is 0 Å². The van der Waals surface area contributed by atoms with E-state index < -0.39 is 0 Å². The lowest BCUT2D eigenvalue weighted by atomic mass is 10.0. The van der Waals surface area contributed by atoms with E-state index in [4.69, 9.17) is 0 Å². The zero-order chi connectivity index (χ0) is 13.0. The van der Waals surface area contributed by atoms with Crippen molar-refractivity contribution in [2.75, 3.05) is 6.54 Å². The summed E-state index contributed by atoms with van der Waals surface area (Å²) in [7, 11) is 1.96. The van der Waals surface area contributed by atoms with Gasteiger partial charge in [-0.25, -0.2) is 0 Å². The van der Waals surface area contributed by atoms with Gasteiger partial charge in [0.25, 0.3) is 0 Å². The van der Waals surface area contributed by atoms with Crippen LogP contribution >= 0.6 is 0 Å². The molecule has 1 atom stereocenters. The van der Waals surface area contributed by atoms with Crippen molar-refractivity contribution in [3.8, 4) is 0 Å². The third kappa shape index (κ3) is 3.20.